The summed E-state index contributed by atoms with van der Waals surface area (Å²) in [6.45, 7) is 0. The summed E-state index contributed by atoms with van der Waals surface area (Å²) in [5, 5.41) is 23.0. The molecule has 8 heteroatoms. The summed E-state index contributed by atoms with van der Waals surface area (Å²) >= 11 is 0. The van der Waals surface area contributed by atoms with Crippen LogP contribution >= 0.6 is 0 Å². The average Bonchev–Trinajstić information content (AvgIpc) is 3.59. The maximum Gasteiger partial charge on any atom is 0.191 e. The SMILES string of the molecule is Oc1ccc2c(c1)C(CC1=C[NH2+]C=N1)CC2.Oc1ccc2c(c1)C(CC1=C[NH2+]C=N1)CC2.[Cl-].[Cl-]. The van der Waals surface area contributed by atoms with Crippen LogP contribution in [0.5, 0.6) is 11.5 Å². The lowest BCUT2D eigenvalue weighted by Gasteiger charge is -2.10. The fraction of sp³-hybridized carbons (Fsp3) is 0.308. The van der Waals surface area contributed by atoms with Gasteiger partial charge in [0.1, 0.15) is 23.9 Å². The fourth-order valence-corrected chi connectivity index (χ4v) is 5.19. The van der Waals surface area contributed by atoms with E-state index in [0.717, 1.165) is 37.1 Å². The first-order chi connectivity index (χ1) is 15.7. The van der Waals surface area contributed by atoms with Gasteiger partial charge in [-0.1, -0.05) is 12.1 Å². The van der Waals surface area contributed by atoms with E-state index in [2.05, 4.69) is 22.4 Å². The first-order valence-corrected chi connectivity index (χ1v) is 11.4. The van der Waals surface area contributed by atoms with Crippen LogP contribution in [0, 0.1) is 0 Å². The molecule has 6 nitrogen and oxygen atoms in total. The summed E-state index contributed by atoms with van der Waals surface area (Å²) in [4.78, 5) is 8.63. The molecule has 2 unspecified atom stereocenters. The van der Waals surface area contributed by atoms with Crippen LogP contribution in [-0.4, -0.2) is 22.9 Å². The molecule has 6 N–H and O–H groups in total. The number of fused-ring (bicyclic) bond motifs is 2. The number of hydrogen-bond donors (Lipinski definition) is 4. The number of rotatable bonds is 4. The van der Waals surface area contributed by atoms with E-state index in [1.807, 2.05) is 47.6 Å². The molecule has 180 valence electrons. The number of phenolic OH excluding ortho intramolecular Hbond substituents is 2. The van der Waals surface area contributed by atoms with Crippen LogP contribution in [0.25, 0.3) is 0 Å². The predicted molar refractivity (Wildman–Crippen MR) is 125 cm³/mol. The van der Waals surface area contributed by atoms with Crippen molar-refractivity contribution in [2.24, 2.45) is 9.98 Å². The van der Waals surface area contributed by atoms with E-state index in [1.165, 1.54) is 35.1 Å². The van der Waals surface area contributed by atoms with E-state index in [1.54, 1.807) is 12.1 Å². The van der Waals surface area contributed by atoms with E-state index in [0.29, 0.717) is 23.3 Å². The molecule has 0 saturated heterocycles. The number of nitrogens with zero attached hydrogens (tertiary/aromatic N) is 2. The molecule has 2 aromatic carbocycles. The number of phenols is 2. The van der Waals surface area contributed by atoms with Gasteiger partial charge in [0.15, 0.2) is 12.7 Å². The van der Waals surface area contributed by atoms with E-state index >= 15 is 0 Å². The van der Waals surface area contributed by atoms with Gasteiger partial charge in [-0.05, 0) is 84.0 Å². The summed E-state index contributed by atoms with van der Waals surface area (Å²) in [6, 6.07) is 11.5. The molecule has 0 amide bonds. The molecular weight excluding hydrogens is 471 g/mol. The molecule has 0 saturated carbocycles. The number of allylic oxidation sites excluding steroid dienone is 2. The number of aliphatic imine (C=N–C) groups is 2. The second kappa shape index (κ2) is 11.7. The second-order valence-corrected chi connectivity index (χ2v) is 8.90. The Hall–Kier alpha value is -2.64. The van der Waals surface area contributed by atoms with Crippen molar-refractivity contribution in [2.45, 2.75) is 50.4 Å². The summed E-state index contributed by atoms with van der Waals surface area (Å²) in [5.41, 5.74) is 7.69. The maximum atomic E-state index is 9.52. The van der Waals surface area contributed by atoms with Gasteiger partial charge in [-0.25, -0.2) is 9.98 Å². The van der Waals surface area contributed by atoms with E-state index in [4.69, 9.17) is 0 Å². The van der Waals surface area contributed by atoms with Crippen molar-refractivity contribution in [2.75, 3.05) is 0 Å². The van der Waals surface area contributed by atoms with Crippen molar-refractivity contribution < 1.29 is 45.7 Å². The first kappa shape index (κ1) is 26.0. The Morgan fingerprint density at radius 2 is 1.15 bits per heavy atom. The highest BCUT2D eigenvalue weighted by molar-refractivity contribution is 5.49. The molecule has 2 aliphatic heterocycles. The van der Waals surface area contributed by atoms with Gasteiger partial charge in [0.05, 0.1) is 11.4 Å². The third kappa shape index (κ3) is 5.88. The molecule has 34 heavy (non-hydrogen) atoms. The van der Waals surface area contributed by atoms with E-state index in [-0.39, 0.29) is 24.8 Å². The number of quaternary nitrogens is 2. The first-order valence-electron chi connectivity index (χ1n) is 11.4. The molecule has 0 bridgehead atoms. The van der Waals surface area contributed by atoms with Crippen LogP contribution in [0.2, 0.25) is 0 Å². The molecule has 2 aromatic rings. The zero-order chi connectivity index (χ0) is 21.9. The minimum absolute atomic E-state index is 0. The monoisotopic (exact) mass is 500 g/mol. The number of hydrogen-bond acceptors (Lipinski definition) is 4. The topological polar surface area (TPSA) is 98.4 Å². The molecular formula is C26H30Cl2N4O2. The van der Waals surface area contributed by atoms with Crippen LogP contribution in [0.4, 0.5) is 0 Å². The Labute approximate surface area is 212 Å². The zero-order valence-electron chi connectivity index (χ0n) is 18.9. The van der Waals surface area contributed by atoms with Crippen LogP contribution in [0.3, 0.4) is 0 Å². The van der Waals surface area contributed by atoms with Crippen LogP contribution < -0.4 is 35.4 Å². The van der Waals surface area contributed by atoms with Gasteiger partial charge in [0.25, 0.3) is 0 Å². The molecule has 2 heterocycles. The average molecular weight is 501 g/mol. The maximum absolute atomic E-state index is 9.52. The predicted octanol–water partition coefficient (Wildman–Crippen LogP) is -3.47. The highest BCUT2D eigenvalue weighted by atomic mass is 35.5. The van der Waals surface area contributed by atoms with E-state index in [9.17, 15) is 10.2 Å². The summed E-state index contributed by atoms with van der Waals surface area (Å²) in [5.74, 6) is 1.80. The number of aryl methyl sites for hydroxylation is 2. The molecule has 0 radical (unpaired) electrons. The highest BCUT2D eigenvalue weighted by Gasteiger charge is 2.25. The lowest BCUT2D eigenvalue weighted by Crippen LogP contribution is -3.00. The van der Waals surface area contributed by atoms with Gasteiger partial charge in [0, 0.05) is 12.8 Å². The van der Waals surface area contributed by atoms with Crippen molar-refractivity contribution in [3.8, 4) is 11.5 Å². The Morgan fingerprint density at radius 3 is 1.53 bits per heavy atom. The highest BCUT2D eigenvalue weighted by Crippen LogP contribution is 2.40. The normalized spacial score (nSPS) is 20.9. The van der Waals surface area contributed by atoms with Crippen molar-refractivity contribution in [1.82, 2.24) is 0 Å². The minimum atomic E-state index is 0. The Kier molecular flexibility index (Phi) is 8.91. The molecule has 0 spiro atoms. The minimum Gasteiger partial charge on any atom is -1.00 e. The van der Waals surface area contributed by atoms with Gasteiger partial charge in [-0.3, -0.25) is 10.6 Å². The second-order valence-electron chi connectivity index (χ2n) is 8.90. The Morgan fingerprint density at radius 1 is 0.706 bits per heavy atom. The smallest absolute Gasteiger partial charge is 0.191 e. The molecule has 2 aliphatic carbocycles. The van der Waals surface area contributed by atoms with Gasteiger partial charge >= 0.3 is 0 Å². The molecule has 4 aliphatic rings. The quantitative estimate of drug-likeness (QED) is 0.350. The summed E-state index contributed by atoms with van der Waals surface area (Å²) < 4.78 is 0. The molecule has 0 fully saturated rings. The molecule has 6 rings (SSSR count). The number of aromatic hydroxyl groups is 2. The van der Waals surface area contributed by atoms with Crippen molar-refractivity contribution >= 4 is 12.7 Å². The van der Waals surface area contributed by atoms with Crippen molar-refractivity contribution in [3.05, 3.63) is 82.4 Å². The van der Waals surface area contributed by atoms with Crippen LogP contribution in [0.1, 0.15) is 59.8 Å². The Bertz CT molecular complexity index is 1050. The lowest BCUT2D eigenvalue weighted by atomic mass is 9.96. The standard InChI is InChI=1S/2C13H14N2O.2ClH/c2*16-12-4-3-9-1-2-10(13(9)6-12)5-11-7-14-8-15-11;;/h2*3-4,6-8,10,16H,1-2,5H2,(H,14,15);2*1H. The molecule has 0 aromatic heterocycles. The largest absolute Gasteiger partial charge is 1.00 e. The number of nitrogens with two attached hydrogens (primary N) is 2. The number of halogens is 2. The Balaban J connectivity index is 0.000000180. The lowest BCUT2D eigenvalue weighted by molar-refractivity contribution is -0.448. The van der Waals surface area contributed by atoms with Gasteiger partial charge in [-0.2, -0.15) is 0 Å². The van der Waals surface area contributed by atoms with Crippen molar-refractivity contribution in [3.63, 3.8) is 0 Å². The van der Waals surface area contributed by atoms with Gasteiger partial charge in [0.2, 0.25) is 0 Å². The zero-order valence-corrected chi connectivity index (χ0v) is 20.4. The van der Waals surface area contributed by atoms with Crippen LogP contribution in [-0.2, 0) is 12.8 Å². The van der Waals surface area contributed by atoms with Crippen molar-refractivity contribution in [1.29, 1.82) is 0 Å². The number of benzene rings is 2. The fourth-order valence-electron chi connectivity index (χ4n) is 5.19. The summed E-state index contributed by atoms with van der Waals surface area (Å²) in [7, 11) is 0. The van der Waals surface area contributed by atoms with Gasteiger partial charge < -0.3 is 35.0 Å². The van der Waals surface area contributed by atoms with Crippen LogP contribution in [0.15, 0.2) is 70.2 Å². The van der Waals surface area contributed by atoms with E-state index < -0.39 is 0 Å². The molecule has 2 atom stereocenters. The van der Waals surface area contributed by atoms with Gasteiger partial charge in [-0.15, -0.1) is 0 Å². The summed E-state index contributed by atoms with van der Waals surface area (Å²) in [6.07, 6.45) is 14.4. The third-order valence-corrected chi connectivity index (χ3v) is 6.80. The third-order valence-electron chi connectivity index (χ3n) is 6.80.